The number of para-hydroxylation sites is 3. The number of benzene rings is 5. The zero-order chi connectivity index (χ0) is 46.0. The average Bonchev–Trinajstić information content (AvgIpc) is 3.95. The standard InChI is InChI=1S/C29H26N4O4.C21H16ClN3O4S/c1-31-25-10-6-5-9-24(25)30-27(31)23-17-21-11-12-22(18-26(21)37-28(23)34)32-13-15-33(16-14-32)29(35)36-19-20-7-3-2-4-8-20;22-15-2-1-3-17-18(15)24-19(30-17)14-10-12-4-5-13(11-16(12)29-20(14)26)28-21(27)25-8-6-23-7-9-25/h2-12,17-18H,13-16,19H2,1H3;1-5,10-11,23H,6-9H2. The van der Waals surface area contributed by atoms with Crippen LogP contribution in [0, 0.1) is 0 Å². The van der Waals surface area contributed by atoms with Gasteiger partial charge in [-0.15, -0.1) is 11.3 Å². The molecule has 4 aromatic heterocycles. The summed E-state index contributed by atoms with van der Waals surface area (Å²) < 4.78 is 25.0. The first-order chi connectivity index (χ1) is 32.6. The molecular weight excluding hydrogens is 894 g/mol. The molecule has 2 fully saturated rings. The number of aromatic nitrogens is 3. The maximum Gasteiger partial charge on any atom is 0.415 e. The average molecular weight is 936 g/mol. The van der Waals surface area contributed by atoms with E-state index in [-0.39, 0.29) is 12.7 Å². The molecule has 0 saturated carbocycles. The van der Waals surface area contributed by atoms with Gasteiger partial charge in [0.05, 0.1) is 26.3 Å². The fourth-order valence-corrected chi connectivity index (χ4v) is 9.41. The molecule has 0 bridgehead atoms. The van der Waals surface area contributed by atoms with Gasteiger partial charge in [0.25, 0.3) is 0 Å². The quantitative estimate of drug-likeness (QED) is 0.158. The van der Waals surface area contributed by atoms with Crippen molar-refractivity contribution in [1.29, 1.82) is 0 Å². The molecule has 338 valence electrons. The number of piperazine rings is 2. The zero-order valence-electron chi connectivity index (χ0n) is 36.1. The van der Waals surface area contributed by atoms with Crippen LogP contribution in [0.1, 0.15) is 5.56 Å². The number of anilines is 1. The van der Waals surface area contributed by atoms with E-state index in [4.69, 9.17) is 29.9 Å². The lowest BCUT2D eigenvalue weighted by Crippen LogP contribution is -2.48. The molecule has 2 aliphatic rings. The van der Waals surface area contributed by atoms with Crippen LogP contribution in [-0.4, -0.2) is 88.9 Å². The minimum absolute atomic E-state index is 0.264. The summed E-state index contributed by atoms with van der Waals surface area (Å²) in [5.74, 6) is 0.907. The van der Waals surface area contributed by atoms with Gasteiger partial charge in [0, 0.05) is 88.0 Å². The zero-order valence-corrected chi connectivity index (χ0v) is 37.7. The number of nitrogens with one attached hydrogen (secondary N) is 1. The van der Waals surface area contributed by atoms with Crippen LogP contribution in [0.2, 0.25) is 5.02 Å². The number of ether oxygens (including phenoxy) is 2. The van der Waals surface area contributed by atoms with Crippen LogP contribution in [0.15, 0.2) is 140 Å². The highest BCUT2D eigenvalue weighted by Crippen LogP contribution is 2.34. The van der Waals surface area contributed by atoms with Crippen molar-refractivity contribution < 1.29 is 27.9 Å². The predicted octanol–water partition coefficient (Wildman–Crippen LogP) is 8.93. The van der Waals surface area contributed by atoms with E-state index in [1.807, 2.05) is 103 Å². The van der Waals surface area contributed by atoms with E-state index in [2.05, 4.69) is 20.2 Å². The van der Waals surface area contributed by atoms with Gasteiger partial charge in [0.15, 0.2) is 0 Å². The third-order valence-corrected chi connectivity index (χ3v) is 13.1. The van der Waals surface area contributed by atoms with Crippen molar-refractivity contribution in [3.8, 4) is 27.7 Å². The molecule has 2 aliphatic heterocycles. The Bertz CT molecular complexity index is 3430. The minimum atomic E-state index is -0.511. The first-order valence-corrected chi connectivity index (χ1v) is 22.9. The van der Waals surface area contributed by atoms with Crippen molar-refractivity contribution in [2.75, 3.05) is 57.3 Å². The Balaban J connectivity index is 0.000000160. The number of imidazole rings is 1. The van der Waals surface area contributed by atoms with Gasteiger partial charge < -0.3 is 42.9 Å². The van der Waals surface area contributed by atoms with Gasteiger partial charge >= 0.3 is 23.4 Å². The molecule has 6 heterocycles. The van der Waals surface area contributed by atoms with Gasteiger partial charge in [-0.2, -0.15) is 0 Å². The summed E-state index contributed by atoms with van der Waals surface area (Å²) in [7, 11) is 1.90. The van der Waals surface area contributed by atoms with E-state index in [0.29, 0.717) is 94.1 Å². The largest absolute Gasteiger partial charge is 0.445 e. The monoisotopic (exact) mass is 935 g/mol. The van der Waals surface area contributed by atoms with Crippen molar-refractivity contribution in [2.24, 2.45) is 7.05 Å². The van der Waals surface area contributed by atoms with E-state index in [1.165, 1.54) is 11.3 Å². The first-order valence-electron chi connectivity index (χ1n) is 21.7. The number of hydrogen-bond donors (Lipinski definition) is 1. The number of aryl methyl sites for hydroxylation is 1. The smallest absolute Gasteiger partial charge is 0.415 e. The van der Waals surface area contributed by atoms with Crippen LogP contribution in [0.4, 0.5) is 15.3 Å². The highest BCUT2D eigenvalue weighted by molar-refractivity contribution is 7.21. The van der Waals surface area contributed by atoms with Gasteiger partial charge in [-0.1, -0.05) is 60.1 Å². The van der Waals surface area contributed by atoms with Gasteiger partial charge in [-0.3, -0.25) is 0 Å². The van der Waals surface area contributed by atoms with E-state index in [9.17, 15) is 19.2 Å². The number of carbonyl (C=O) groups excluding carboxylic acids is 2. The summed E-state index contributed by atoms with van der Waals surface area (Å²) >= 11 is 7.58. The molecule has 1 N–H and O–H groups in total. The number of fused-ring (bicyclic) bond motifs is 4. The van der Waals surface area contributed by atoms with E-state index in [0.717, 1.165) is 45.5 Å². The first kappa shape index (κ1) is 43.4. The molecule has 2 amide bonds. The number of thiazole rings is 1. The molecule has 67 heavy (non-hydrogen) atoms. The summed E-state index contributed by atoms with van der Waals surface area (Å²) in [6.45, 7) is 5.36. The van der Waals surface area contributed by atoms with Gasteiger partial charge in [0.2, 0.25) is 0 Å². The summed E-state index contributed by atoms with van der Waals surface area (Å²) in [6, 6.07) is 37.4. The van der Waals surface area contributed by atoms with Gasteiger partial charge in [-0.05, 0) is 66.2 Å². The second-order valence-corrected chi connectivity index (χ2v) is 17.5. The number of carbonyl (C=O) groups is 2. The topological polar surface area (TPSA) is 165 Å². The predicted molar refractivity (Wildman–Crippen MR) is 259 cm³/mol. The van der Waals surface area contributed by atoms with Crippen molar-refractivity contribution in [3.05, 3.63) is 153 Å². The van der Waals surface area contributed by atoms with Crippen molar-refractivity contribution >= 4 is 84.0 Å². The molecule has 2 saturated heterocycles. The maximum atomic E-state index is 12.9. The second-order valence-electron chi connectivity index (χ2n) is 16.0. The Morgan fingerprint density at radius 1 is 0.716 bits per heavy atom. The Hall–Kier alpha value is -7.53. The SMILES string of the molecule is Cn1c(-c2cc3ccc(N4CCN(C(=O)OCc5ccccc5)CC4)cc3oc2=O)nc2ccccc21.O=C(Oc1ccc2cc(-c3nc4c(Cl)cccc4s3)c(=O)oc2c1)N1CCNCC1. The summed E-state index contributed by atoms with van der Waals surface area (Å²) in [5.41, 5.74) is 5.09. The summed E-state index contributed by atoms with van der Waals surface area (Å²) in [5, 5.41) is 5.80. The fourth-order valence-electron chi connectivity index (χ4n) is 8.14. The molecule has 0 radical (unpaired) electrons. The van der Waals surface area contributed by atoms with Crippen LogP contribution in [0.25, 0.3) is 65.1 Å². The lowest BCUT2D eigenvalue weighted by Gasteiger charge is -2.35. The van der Waals surface area contributed by atoms with Crippen molar-refractivity contribution in [1.82, 2.24) is 29.7 Å². The third kappa shape index (κ3) is 9.19. The highest BCUT2D eigenvalue weighted by atomic mass is 35.5. The molecule has 0 atom stereocenters. The number of nitrogens with zero attached hydrogens (tertiary/aromatic N) is 6. The molecule has 0 spiro atoms. The number of halogens is 1. The fraction of sp³-hybridized carbons (Fsp3) is 0.200. The molecular formula is C50H42ClN7O8S. The highest BCUT2D eigenvalue weighted by Gasteiger charge is 2.24. The van der Waals surface area contributed by atoms with Crippen LogP contribution in [0.3, 0.4) is 0 Å². The van der Waals surface area contributed by atoms with Gasteiger partial charge in [-0.25, -0.2) is 29.1 Å². The summed E-state index contributed by atoms with van der Waals surface area (Å²) in [6.07, 6.45) is -0.719. The van der Waals surface area contributed by atoms with E-state index >= 15 is 0 Å². The number of hydrogen-bond acceptors (Lipinski definition) is 13. The minimum Gasteiger partial charge on any atom is -0.445 e. The normalized spacial score (nSPS) is 14.1. The molecule has 0 unspecified atom stereocenters. The summed E-state index contributed by atoms with van der Waals surface area (Å²) in [4.78, 5) is 65.0. The molecule has 15 nitrogen and oxygen atoms in total. The molecule has 9 aromatic rings. The van der Waals surface area contributed by atoms with Crippen LogP contribution >= 0.6 is 22.9 Å². The molecule has 5 aromatic carbocycles. The Kier molecular flexibility index (Phi) is 12.1. The number of amides is 2. The lowest BCUT2D eigenvalue weighted by atomic mass is 10.1. The number of rotatable bonds is 6. The van der Waals surface area contributed by atoms with Gasteiger partial charge in [0.1, 0.15) is 45.4 Å². The Morgan fingerprint density at radius 2 is 1.40 bits per heavy atom. The molecule has 17 heteroatoms. The second kappa shape index (κ2) is 18.8. The van der Waals surface area contributed by atoms with Crippen molar-refractivity contribution in [2.45, 2.75) is 6.61 Å². The van der Waals surface area contributed by atoms with E-state index < -0.39 is 17.3 Å². The van der Waals surface area contributed by atoms with E-state index in [1.54, 1.807) is 40.1 Å². The van der Waals surface area contributed by atoms with Crippen molar-refractivity contribution in [3.63, 3.8) is 0 Å². The molecule has 0 aliphatic carbocycles. The molecule has 11 rings (SSSR count). The van der Waals surface area contributed by atoms with Crippen LogP contribution in [-0.2, 0) is 18.4 Å². The third-order valence-electron chi connectivity index (χ3n) is 11.7. The Morgan fingerprint density at radius 3 is 2.16 bits per heavy atom. The van der Waals surface area contributed by atoms with Crippen LogP contribution in [0.5, 0.6) is 5.75 Å². The lowest BCUT2D eigenvalue weighted by molar-refractivity contribution is 0.0942. The van der Waals surface area contributed by atoms with Crippen LogP contribution < -0.4 is 26.2 Å². The Labute approximate surface area is 391 Å². The maximum absolute atomic E-state index is 12.9.